The lowest BCUT2D eigenvalue weighted by Crippen LogP contribution is -2.38. The average Bonchev–Trinajstić information content (AvgIpc) is 3.03. The molecule has 1 aromatic carbocycles. The molecular weight excluding hydrogens is 316 g/mol. The molecule has 0 N–H and O–H groups in total. The maximum Gasteiger partial charge on any atom is 0.336 e. The number of fused-ring (bicyclic) bond motifs is 3. The molecular formula is C21H22O4. The predicted molar refractivity (Wildman–Crippen MR) is 98.1 cm³/mol. The van der Waals surface area contributed by atoms with E-state index in [-0.39, 0.29) is 11.2 Å². The van der Waals surface area contributed by atoms with E-state index >= 15 is 0 Å². The summed E-state index contributed by atoms with van der Waals surface area (Å²) >= 11 is 0. The van der Waals surface area contributed by atoms with Gasteiger partial charge in [0.05, 0.1) is 17.0 Å². The molecule has 0 spiro atoms. The Labute approximate surface area is 146 Å². The second kappa shape index (κ2) is 5.80. The molecule has 1 aliphatic carbocycles. The van der Waals surface area contributed by atoms with Gasteiger partial charge in [-0.3, -0.25) is 0 Å². The third-order valence-electron chi connectivity index (χ3n) is 5.29. The van der Waals surface area contributed by atoms with Crippen LogP contribution in [0.5, 0.6) is 5.75 Å². The number of rotatable bonds is 3. The van der Waals surface area contributed by atoms with Gasteiger partial charge in [-0.1, -0.05) is 11.6 Å². The zero-order valence-corrected chi connectivity index (χ0v) is 14.8. The molecule has 2 aromatic heterocycles. The lowest BCUT2D eigenvalue weighted by Gasteiger charge is -2.36. The van der Waals surface area contributed by atoms with Crippen molar-refractivity contribution >= 4 is 21.9 Å². The van der Waals surface area contributed by atoms with Gasteiger partial charge in [0, 0.05) is 18.1 Å². The summed E-state index contributed by atoms with van der Waals surface area (Å²) in [6, 6.07) is 6.90. The van der Waals surface area contributed by atoms with Gasteiger partial charge < -0.3 is 13.6 Å². The lowest BCUT2D eigenvalue weighted by atomic mass is 9.79. The van der Waals surface area contributed by atoms with E-state index in [9.17, 15) is 4.79 Å². The third kappa shape index (κ3) is 2.86. The van der Waals surface area contributed by atoms with Gasteiger partial charge in [-0.2, -0.15) is 0 Å². The topological polar surface area (TPSA) is 52.6 Å². The SMILES string of the molecule is CC1=CC[C@H](C(C)(C)Oc2cc3occc3c3oc(=O)ccc23)CC1. The van der Waals surface area contributed by atoms with Crippen LogP contribution in [0.15, 0.2) is 55.8 Å². The molecule has 4 rings (SSSR count). The Morgan fingerprint density at radius 1 is 1.20 bits per heavy atom. The maximum absolute atomic E-state index is 11.7. The second-order valence-electron chi connectivity index (χ2n) is 7.43. The van der Waals surface area contributed by atoms with Crippen LogP contribution < -0.4 is 10.4 Å². The first-order chi connectivity index (χ1) is 11.9. The number of ether oxygens (including phenoxy) is 1. The molecule has 0 aliphatic heterocycles. The quantitative estimate of drug-likeness (QED) is 0.471. The molecule has 0 bridgehead atoms. The van der Waals surface area contributed by atoms with Crippen LogP contribution in [0, 0.1) is 5.92 Å². The highest BCUT2D eigenvalue weighted by Gasteiger charge is 2.33. The molecule has 0 saturated heterocycles. The van der Waals surface area contributed by atoms with Gasteiger partial charge >= 0.3 is 5.63 Å². The Hall–Kier alpha value is -2.49. The minimum absolute atomic E-state index is 0.333. The van der Waals surface area contributed by atoms with Crippen LogP contribution in [0.4, 0.5) is 0 Å². The fraction of sp³-hybridized carbons (Fsp3) is 0.381. The molecule has 0 amide bonds. The summed E-state index contributed by atoms with van der Waals surface area (Å²) in [5.74, 6) is 1.13. The highest BCUT2D eigenvalue weighted by atomic mass is 16.5. The second-order valence-corrected chi connectivity index (χ2v) is 7.43. The molecule has 0 radical (unpaired) electrons. The van der Waals surface area contributed by atoms with Gasteiger partial charge in [0.2, 0.25) is 0 Å². The zero-order valence-electron chi connectivity index (χ0n) is 14.8. The van der Waals surface area contributed by atoms with Crippen molar-refractivity contribution in [2.75, 3.05) is 0 Å². The summed E-state index contributed by atoms with van der Waals surface area (Å²) in [7, 11) is 0. The highest BCUT2D eigenvalue weighted by molar-refractivity contribution is 6.05. The molecule has 0 unspecified atom stereocenters. The number of hydrogen-bond acceptors (Lipinski definition) is 4. The molecule has 4 nitrogen and oxygen atoms in total. The van der Waals surface area contributed by atoms with Gasteiger partial charge in [-0.15, -0.1) is 0 Å². The van der Waals surface area contributed by atoms with Crippen molar-refractivity contribution in [2.24, 2.45) is 5.92 Å². The number of furan rings is 1. The third-order valence-corrected chi connectivity index (χ3v) is 5.29. The smallest absolute Gasteiger partial charge is 0.336 e. The normalized spacial score (nSPS) is 18.5. The monoisotopic (exact) mass is 338 g/mol. The summed E-state index contributed by atoms with van der Waals surface area (Å²) in [5, 5.41) is 1.58. The molecule has 25 heavy (non-hydrogen) atoms. The van der Waals surface area contributed by atoms with Gasteiger partial charge in [0.1, 0.15) is 16.9 Å². The van der Waals surface area contributed by atoms with E-state index in [0.717, 1.165) is 30.0 Å². The van der Waals surface area contributed by atoms with Crippen molar-refractivity contribution in [3.05, 3.63) is 52.6 Å². The van der Waals surface area contributed by atoms with Crippen molar-refractivity contribution in [2.45, 2.75) is 45.6 Å². The van der Waals surface area contributed by atoms with Crippen LogP contribution in [0.3, 0.4) is 0 Å². The first kappa shape index (κ1) is 16.0. The Bertz CT molecular complexity index is 1020. The van der Waals surface area contributed by atoms with E-state index in [2.05, 4.69) is 26.8 Å². The summed E-state index contributed by atoms with van der Waals surface area (Å²) in [4.78, 5) is 11.7. The standard InChI is InChI=1S/C21H22O4/c1-13-4-6-14(7-5-13)21(2,3)25-18-12-17-16(10-11-23-17)20-15(18)8-9-19(22)24-20/h4,8-12,14H,5-7H2,1-3H3/t14-/m0/s1. The summed E-state index contributed by atoms with van der Waals surface area (Å²) < 4.78 is 17.4. The predicted octanol–water partition coefficient (Wildman–Crippen LogP) is 5.44. The Morgan fingerprint density at radius 2 is 2.04 bits per heavy atom. The number of hydrogen-bond donors (Lipinski definition) is 0. The maximum atomic E-state index is 11.7. The first-order valence-corrected chi connectivity index (χ1v) is 8.73. The Kier molecular flexibility index (Phi) is 3.71. The molecule has 130 valence electrons. The highest BCUT2D eigenvalue weighted by Crippen LogP contribution is 2.39. The molecule has 0 fully saturated rings. The van der Waals surface area contributed by atoms with E-state index in [4.69, 9.17) is 13.6 Å². The largest absolute Gasteiger partial charge is 0.487 e. The average molecular weight is 338 g/mol. The van der Waals surface area contributed by atoms with Gasteiger partial charge in [-0.05, 0) is 52.2 Å². The van der Waals surface area contributed by atoms with E-state index in [0.29, 0.717) is 22.8 Å². The zero-order chi connectivity index (χ0) is 17.6. The summed E-state index contributed by atoms with van der Waals surface area (Å²) in [6.45, 7) is 6.44. The van der Waals surface area contributed by atoms with Crippen molar-refractivity contribution in [1.82, 2.24) is 0 Å². The van der Waals surface area contributed by atoms with Crippen molar-refractivity contribution in [3.8, 4) is 5.75 Å². The van der Waals surface area contributed by atoms with Gasteiger partial charge in [0.25, 0.3) is 0 Å². The van der Waals surface area contributed by atoms with E-state index in [1.165, 1.54) is 11.6 Å². The number of benzene rings is 1. The van der Waals surface area contributed by atoms with E-state index < -0.39 is 0 Å². The lowest BCUT2D eigenvalue weighted by molar-refractivity contribution is 0.0399. The Morgan fingerprint density at radius 3 is 2.80 bits per heavy atom. The summed E-state index contributed by atoms with van der Waals surface area (Å²) in [5.41, 5.74) is 1.92. The van der Waals surface area contributed by atoms with E-state index in [1.54, 1.807) is 12.3 Å². The molecule has 0 saturated carbocycles. The molecule has 2 heterocycles. The summed E-state index contributed by atoms with van der Waals surface area (Å²) in [6.07, 6.45) is 7.16. The first-order valence-electron chi connectivity index (χ1n) is 8.73. The minimum atomic E-state index is -0.376. The fourth-order valence-corrected chi connectivity index (χ4v) is 3.68. The fourth-order valence-electron chi connectivity index (χ4n) is 3.68. The minimum Gasteiger partial charge on any atom is -0.487 e. The molecule has 1 aliphatic rings. The van der Waals surface area contributed by atoms with Crippen molar-refractivity contribution < 1.29 is 13.6 Å². The van der Waals surface area contributed by atoms with Crippen molar-refractivity contribution in [3.63, 3.8) is 0 Å². The molecule has 3 aromatic rings. The van der Waals surface area contributed by atoms with Crippen LogP contribution in [-0.2, 0) is 0 Å². The number of allylic oxidation sites excluding steroid dienone is 2. The van der Waals surface area contributed by atoms with Crippen LogP contribution >= 0.6 is 0 Å². The van der Waals surface area contributed by atoms with Gasteiger partial charge in [-0.25, -0.2) is 4.79 Å². The molecule has 4 heteroatoms. The van der Waals surface area contributed by atoms with E-state index in [1.807, 2.05) is 12.1 Å². The van der Waals surface area contributed by atoms with Crippen LogP contribution in [0.2, 0.25) is 0 Å². The van der Waals surface area contributed by atoms with Crippen molar-refractivity contribution in [1.29, 1.82) is 0 Å². The van der Waals surface area contributed by atoms with Crippen LogP contribution in [0.25, 0.3) is 21.9 Å². The Balaban J connectivity index is 1.79. The van der Waals surface area contributed by atoms with Gasteiger partial charge in [0.15, 0.2) is 5.58 Å². The van der Waals surface area contributed by atoms with Crippen LogP contribution in [-0.4, -0.2) is 5.60 Å². The molecule has 1 atom stereocenters. The van der Waals surface area contributed by atoms with Crippen LogP contribution in [0.1, 0.15) is 40.0 Å².